The Labute approximate surface area is 181 Å². The van der Waals surface area contributed by atoms with Gasteiger partial charge in [0, 0.05) is 34.6 Å². The number of hydrogen-bond donors (Lipinski definition) is 2. The zero-order valence-corrected chi connectivity index (χ0v) is 17.3. The Balaban J connectivity index is 1.40. The van der Waals surface area contributed by atoms with Crippen molar-refractivity contribution in [2.75, 3.05) is 10.6 Å². The molecule has 0 atom stereocenters. The number of carbonyl (C=O) groups is 2. The number of rotatable bonds is 6. The van der Waals surface area contributed by atoms with Gasteiger partial charge in [-0.05, 0) is 37.3 Å². The molecule has 156 valence electrons. The van der Waals surface area contributed by atoms with Crippen LogP contribution in [0.2, 0.25) is 0 Å². The summed E-state index contributed by atoms with van der Waals surface area (Å²) in [5.41, 5.74) is 1.62. The molecule has 0 unspecified atom stereocenters. The number of fused-ring (bicyclic) bond motifs is 1. The highest BCUT2D eigenvalue weighted by atomic mass is 32.1. The van der Waals surface area contributed by atoms with Crippen LogP contribution >= 0.6 is 11.3 Å². The second-order valence-corrected chi connectivity index (χ2v) is 8.02. The Morgan fingerprint density at radius 3 is 2.45 bits per heavy atom. The maximum atomic E-state index is 14.6. The summed E-state index contributed by atoms with van der Waals surface area (Å²) in [5.74, 6) is -1.11. The zero-order chi connectivity index (χ0) is 21.8. The van der Waals surface area contributed by atoms with Gasteiger partial charge in [-0.15, -0.1) is 11.3 Å². The number of carbonyl (C=O) groups excluding carboxylic acids is 2. The molecule has 0 saturated heterocycles. The number of anilines is 2. The Bertz CT molecular complexity index is 1260. The minimum atomic E-state index is -0.634. The quantitative estimate of drug-likeness (QED) is 0.392. The van der Waals surface area contributed by atoms with Gasteiger partial charge in [-0.3, -0.25) is 14.6 Å². The summed E-state index contributed by atoms with van der Waals surface area (Å²) in [6.45, 7) is 1.97. The summed E-state index contributed by atoms with van der Waals surface area (Å²) >= 11 is 1.52. The zero-order valence-electron chi connectivity index (χ0n) is 16.5. The standard InChI is InChI=1S/C23H18FN3O3S/c1-14-11-18-23(31-14)20(9-10-25-18)30-19-8-7-16(12-17(19)24)27-22(29)13-21(28)26-15-5-3-2-4-6-15/h2-12H,13H2,1H3,(H,26,28)(H,27,29). The minimum Gasteiger partial charge on any atom is -0.453 e. The number of pyridine rings is 1. The van der Waals surface area contributed by atoms with Gasteiger partial charge in [0.05, 0.1) is 10.2 Å². The Morgan fingerprint density at radius 1 is 0.968 bits per heavy atom. The van der Waals surface area contributed by atoms with E-state index in [2.05, 4.69) is 15.6 Å². The van der Waals surface area contributed by atoms with Gasteiger partial charge in [-0.1, -0.05) is 18.2 Å². The van der Waals surface area contributed by atoms with Crippen LogP contribution in [0.4, 0.5) is 15.8 Å². The molecular weight excluding hydrogens is 417 g/mol. The fourth-order valence-corrected chi connectivity index (χ4v) is 3.89. The van der Waals surface area contributed by atoms with Crippen molar-refractivity contribution >= 4 is 44.7 Å². The fourth-order valence-electron chi connectivity index (χ4n) is 2.97. The molecule has 0 aliphatic carbocycles. The number of thiophene rings is 1. The molecule has 2 heterocycles. The van der Waals surface area contributed by atoms with Crippen LogP contribution in [-0.2, 0) is 9.59 Å². The van der Waals surface area contributed by atoms with Crippen molar-refractivity contribution in [3.8, 4) is 11.5 Å². The van der Waals surface area contributed by atoms with Gasteiger partial charge >= 0.3 is 0 Å². The third-order valence-electron chi connectivity index (χ3n) is 4.31. The molecule has 0 radical (unpaired) electrons. The van der Waals surface area contributed by atoms with Gasteiger partial charge in [0.1, 0.15) is 12.2 Å². The monoisotopic (exact) mass is 435 g/mol. The fraction of sp³-hybridized carbons (Fsp3) is 0.0870. The Kier molecular flexibility index (Phi) is 5.90. The molecule has 0 spiro atoms. The first-order valence-electron chi connectivity index (χ1n) is 9.45. The van der Waals surface area contributed by atoms with Gasteiger partial charge in [0.15, 0.2) is 11.6 Å². The molecule has 4 aromatic rings. The topological polar surface area (TPSA) is 80.3 Å². The van der Waals surface area contributed by atoms with Crippen LogP contribution in [0, 0.1) is 12.7 Å². The highest BCUT2D eigenvalue weighted by Crippen LogP contribution is 2.35. The predicted octanol–water partition coefficient (Wildman–Crippen LogP) is 5.50. The number of para-hydroxylation sites is 1. The summed E-state index contributed by atoms with van der Waals surface area (Å²) in [5, 5.41) is 5.14. The molecule has 0 saturated carbocycles. The summed E-state index contributed by atoms with van der Waals surface area (Å²) in [4.78, 5) is 29.5. The molecule has 0 bridgehead atoms. The van der Waals surface area contributed by atoms with Gasteiger partial charge in [-0.2, -0.15) is 0 Å². The van der Waals surface area contributed by atoms with Crippen molar-refractivity contribution in [2.45, 2.75) is 13.3 Å². The largest absolute Gasteiger partial charge is 0.453 e. The average molecular weight is 435 g/mol. The maximum absolute atomic E-state index is 14.6. The first-order valence-corrected chi connectivity index (χ1v) is 10.3. The number of amides is 2. The van der Waals surface area contributed by atoms with Crippen LogP contribution < -0.4 is 15.4 Å². The van der Waals surface area contributed by atoms with E-state index in [4.69, 9.17) is 4.74 Å². The highest BCUT2D eigenvalue weighted by molar-refractivity contribution is 7.19. The Hall–Kier alpha value is -3.78. The lowest BCUT2D eigenvalue weighted by Crippen LogP contribution is -2.21. The van der Waals surface area contributed by atoms with Crippen LogP contribution in [0.1, 0.15) is 11.3 Å². The number of aryl methyl sites for hydroxylation is 1. The number of nitrogens with zero attached hydrogens (tertiary/aromatic N) is 1. The first-order chi connectivity index (χ1) is 15.0. The third kappa shape index (κ3) is 5.04. The average Bonchev–Trinajstić information content (AvgIpc) is 3.11. The molecule has 8 heteroatoms. The van der Waals surface area contributed by atoms with Gasteiger partial charge in [0.25, 0.3) is 0 Å². The molecule has 6 nitrogen and oxygen atoms in total. The summed E-state index contributed by atoms with van der Waals surface area (Å²) < 4.78 is 21.2. The number of aromatic nitrogens is 1. The van der Waals surface area contributed by atoms with Crippen molar-refractivity contribution in [3.05, 3.63) is 77.6 Å². The summed E-state index contributed by atoms with van der Waals surface area (Å²) in [6, 6.07) is 16.5. The van der Waals surface area contributed by atoms with Crippen LogP contribution in [0.15, 0.2) is 66.9 Å². The van der Waals surface area contributed by atoms with Crippen molar-refractivity contribution in [1.29, 1.82) is 0 Å². The molecule has 2 amide bonds. The first kappa shape index (κ1) is 20.5. The summed E-state index contributed by atoms with van der Waals surface area (Å²) in [7, 11) is 0. The van der Waals surface area contributed by atoms with Crippen LogP contribution in [0.5, 0.6) is 11.5 Å². The second kappa shape index (κ2) is 8.93. The van der Waals surface area contributed by atoms with E-state index in [0.29, 0.717) is 11.4 Å². The molecule has 2 aromatic heterocycles. The number of benzene rings is 2. The number of nitrogens with one attached hydrogen (secondary N) is 2. The van der Waals surface area contributed by atoms with E-state index in [1.165, 1.54) is 23.5 Å². The van der Waals surface area contributed by atoms with Crippen LogP contribution in [0.25, 0.3) is 10.2 Å². The van der Waals surface area contributed by atoms with E-state index >= 15 is 0 Å². The lowest BCUT2D eigenvalue weighted by molar-refractivity contribution is -0.123. The maximum Gasteiger partial charge on any atom is 0.233 e. The van der Waals surface area contributed by atoms with Crippen molar-refractivity contribution in [1.82, 2.24) is 4.98 Å². The van der Waals surface area contributed by atoms with Crippen LogP contribution in [0.3, 0.4) is 0 Å². The van der Waals surface area contributed by atoms with Crippen molar-refractivity contribution < 1.29 is 18.7 Å². The van der Waals surface area contributed by atoms with E-state index in [-0.39, 0.29) is 17.9 Å². The highest BCUT2D eigenvalue weighted by Gasteiger charge is 2.14. The van der Waals surface area contributed by atoms with Gasteiger partial charge in [-0.25, -0.2) is 4.39 Å². The van der Waals surface area contributed by atoms with E-state index in [1.807, 2.05) is 19.1 Å². The van der Waals surface area contributed by atoms with Crippen molar-refractivity contribution in [2.24, 2.45) is 0 Å². The lowest BCUT2D eigenvalue weighted by Gasteiger charge is -2.10. The van der Waals surface area contributed by atoms with Gasteiger partial charge in [0.2, 0.25) is 11.8 Å². The molecular formula is C23H18FN3O3S. The molecule has 2 N–H and O–H groups in total. The van der Waals surface area contributed by atoms with E-state index in [0.717, 1.165) is 21.2 Å². The third-order valence-corrected chi connectivity index (χ3v) is 5.37. The molecule has 0 aliphatic rings. The Morgan fingerprint density at radius 2 is 1.71 bits per heavy atom. The number of hydrogen-bond acceptors (Lipinski definition) is 5. The SMILES string of the molecule is Cc1cc2nccc(Oc3ccc(NC(=O)CC(=O)Nc4ccccc4)cc3F)c2s1. The number of halogens is 1. The second-order valence-electron chi connectivity index (χ2n) is 6.77. The van der Waals surface area contributed by atoms with Crippen molar-refractivity contribution in [3.63, 3.8) is 0 Å². The van der Waals surface area contributed by atoms with E-state index in [1.54, 1.807) is 36.5 Å². The molecule has 2 aromatic carbocycles. The van der Waals surface area contributed by atoms with Crippen LogP contribution in [-0.4, -0.2) is 16.8 Å². The molecule has 0 fully saturated rings. The smallest absolute Gasteiger partial charge is 0.233 e. The van der Waals surface area contributed by atoms with E-state index < -0.39 is 17.6 Å². The number of ether oxygens (including phenoxy) is 1. The minimum absolute atomic E-state index is 0.0263. The predicted molar refractivity (Wildman–Crippen MR) is 119 cm³/mol. The molecule has 0 aliphatic heterocycles. The summed E-state index contributed by atoms with van der Waals surface area (Å²) in [6.07, 6.45) is 1.22. The lowest BCUT2D eigenvalue weighted by atomic mass is 10.2. The molecule has 4 rings (SSSR count). The molecule has 31 heavy (non-hydrogen) atoms. The van der Waals surface area contributed by atoms with E-state index in [9.17, 15) is 14.0 Å². The normalized spacial score (nSPS) is 10.6. The van der Waals surface area contributed by atoms with Gasteiger partial charge < -0.3 is 15.4 Å².